The monoisotopic (exact) mass is 252 g/mol. The molecule has 0 saturated carbocycles. The van der Waals surface area contributed by atoms with Gasteiger partial charge in [-0.2, -0.15) is 5.26 Å². The highest BCUT2D eigenvalue weighted by Gasteiger charge is 2.29. The second kappa shape index (κ2) is 4.76. The molecule has 0 aliphatic carbocycles. The van der Waals surface area contributed by atoms with Crippen LogP contribution in [0.15, 0.2) is 24.3 Å². The van der Waals surface area contributed by atoms with Crippen molar-refractivity contribution < 1.29 is 8.42 Å². The van der Waals surface area contributed by atoms with Crippen molar-refractivity contribution in [1.82, 2.24) is 0 Å². The third kappa shape index (κ3) is 3.46. The van der Waals surface area contributed by atoms with Crippen molar-refractivity contribution >= 4 is 15.5 Å². The van der Waals surface area contributed by atoms with Gasteiger partial charge in [0.25, 0.3) is 0 Å². The summed E-state index contributed by atoms with van der Waals surface area (Å²) in [5, 5.41) is 11.7. The molecule has 0 radical (unpaired) electrons. The van der Waals surface area contributed by atoms with Gasteiger partial charge in [0.1, 0.15) is 0 Å². The molecule has 0 amide bonds. The van der Waals surface area contributed by atoms with E-state index in [4.69, 9.17) is 5.26 Å². The van der Waals surface area contributed by atoms with Gasteiger partial charge in [-0.1, -0.05) is 0 Å². The Kier molecular flexibility index (Phi) is 3.79. The van der Waals surface area contributed by atoms with Crippen molar-refractivity contribution in [2.45, 2.75) is 18.6 Å². The normalized spacial score (nSPS) is 11.9. The standard InChI is InChI=1S/C12H16N2O2S/c1-12(2,17(3,15)16)9-14-11-6-4-10(8-13)5-7-11/h4-7,14H,9H2,1-3H3. The van der Waals surface area contributed by atoms with Gasteiger partial charge in [0.2, 0.25) is 0 Å². The zero-order valence-corrected chi connectivity index (χ0v) is 11.0. The topological polar surface area (TPSA) is 70.0 Å². The minimum Gasteiger partial charge on any atom is -0.383 e. The van der Waals surface area contributed by atoms with Crippen molar-refractivity contribution in [3.05, 3.63) is 29.8 Å². The Balaban J connectivity index is 2.72. The summed E-state index contributed by atoms with van der Waals surface area (Å²) < 4.78 is 22.2. The molecular weight excluding hydrogens is 236 g/mol. The Morgan fingerprint density at radius 2 is 1.82 bits per heavy atom. The fourth-order valence-electron chi connectivity index (χ4n) is 1.11. The van der Waals surface area contributed by atoms with Gasteiger partial charge in [-0.05, 0) is 38.1 Å². The fourth-order valence-corrected chi connectivity index (χ4v) is 1.44. The maximum atomic E-state index is 11.5. The molecule has 0 bridgehead atoms. The van der Waals surface area contributed by atoms with Gasteiger partial charge in [0.15, 0.2) is 9.84 Å². The van der Waals surface area contributed by atoms with E-state index in [0.717, 1.165) is 5.69 Å². The van der Waals surface area contributed by atoms with Crippen LogP contribution in [0.1, 0.15) is 19.4 Å². The predicted molar refractivity (Wildman–Crippen MR) is 68.6 cm³/mol. The molecule has 0 aliphatic rings. The minimum absolute atomic E-state index is 0.331. The Labute approximate surface area is 102 Å². The molecule has 4 nitrogen and oxygen atoms in total. The molecule has 0 aliphatic heterocycles. The van der Waals surface area contributed by atoms with E-state index < -0.39 is 14.6 Å². The van der Waals surface area contributed by atoms with Crippen LogP contribution in [0.3, 0.4) is 0 Å². The van der Waals surface area contributed by atoms with Crippen molar-refractivity contribution in [3.8, 4) is 6.07 Å². The minimum atomic E-state index is -3.10. The number of hydrogen-bond donors (Lipinski definition) is 1. The SMILES string of the molecule is CC(C)(CNc1ccc(C#N)cc1)S(C)(=O)=O. The van der Waals surface area contributed by atoms with Crippen LogP contribution < -0.4 is 5.32 Å². The molecule has 1 N–H and O–H groups in total. The lowest BCUT2D eigenvalue weighted by Crippen LogP contribution is -2.38. The number of benzene rings is 1. The Bertz CT molecular complexity index is 525. The Morgan fingerprint density at radius 3 is 2.24 bits per heavy atom. The smallest absolute Gasteiger partial charge is 0.154 e. The highest BCUT2D eigenvalue weighted by Crippen LogP contribution is 2.17. The van der Waals surface area contributed by atoms with Crippen molar-refractivity contribution in [2.75, 3.05) is 18.1 Å². The molecule has 1 rings (SSSR count). The summed E-state index contributed by atoms with van der Waals surface area (Å²) in [5.41, 5.74) is 1.39. The third-order valence-electron chi connectivity index (χ3n) is 2.74. The number of anilines is 1. The molecule has 0 atom stereocenters. The molecule has 0 heterocycles. The summed E-state index contributed by atoms with van der Waals surface area (Å²) in [6.45, 7) is 3.69. The zero-order valence-electron chi connectivity index (χ0n) is 10.2. The number of hydrogen-bond acceptors (Lipinski definition) is 4. The highest BCUT2D eigenvalue weighted by atomic mass is 32.2. The van der Waals surface area contributed by atoms with Crippen molar-refractivity contribution in [3.63, 3.8) is 0 Å². The Morgan fingerprint density at radius 1 is 1.29 bits per heavy atom. The maximum Gasteiger partial charge on any atom is 0.154 e. The van der Waals surface area contributed by atoms with Gasteiger partial charge in [-0.15, -0.1) is 0 Å². The molecule has 0 aromatic heterocycles. The predicted octanol–water partition coefficient (Wildman–Crippen LogP) is 1.79. The van der Waals surface area contributed by atoms with Crippen LogP contribution in [0.2, 0.25) is 0 Å². The van der Waals surface area contributed by atoms with Crippen LogP contribution >= 0.6 is 0 Å². The lowest BCUT2D eigenvalue weighted by molar-refractivity contribution is 0.560. The molecule has 0 fully saturated rings. The lowest BCUT2D eigenvalue weighted by atomic mass is 10.2. The molecular formula is C12H16N2O2S. The molecule has 92 valence electrons. The van der Waals surface area contributed by atoms with Crippen LogP contribution in [0.5, 0.6) is 0 Å². The summed E-state index contributed by atoms with van der Waals surface area (Å²) in [4.78, 5) is 0. The maximum absolute atomic E-state index is 11.5. The molecule has 1 aromatic carbocycles. The first kappa shape index (κ1) is 13.5. The van der Waals surface area contributed by atoms with E-state index in [1.807, 2.05) is 6.07 Å². The molecule has 5 heteroatoms. The van der Waals surface area contributed by atoms with E-state index in [2.05, 4.69) is 5.32 Å². The highest BCUT2D eigenvalue weighted by molar-refractivity contribution is 7.92. The van der Waals surface area contributed by atoms with Crippen LogP contribution in [-0.4, -0.2) is 26.0 Å². The summed E-state index contributed by atoms with van der Waals surface area (Å²) in [6, 6.07) is 8.93. The number of sulfone groups is 1. The second-order valence-corrected chi connectivity index (χ2v) is 7.22. The first-order valence-electron chi connectivity index (χ1n) is 5.20. The molecule has 0 unspecified atom stereocenters. The largest absolute Gasteiger partial charge is 0.383 e. The third-order valence-corrected chi connectivity index (χ3v) is 4.89. The van der Waals surface area contributed by atoms with Gasteiger partial charge in [0, 0.05) is 18.5 Å². The number of rotatable bonds is 4. The summed E-state index contributed by atoms with van der Waals surface area (Å²) in [7, 11) is -3.10. The van der Waals surface area contributed by atoms with Gasteiger partial charge < -0.3 is 5.32 Å². The quantitative estimate of drug-likeness (QED) is 0.887. The lowest BCUT2D eigenvalue weighted by Gasteiger charge is -2.23. The van der Waals surface area contributed by atoms with Crippen LogP contribution in [0.4, 0.5) is 5.69 Å². The fraction of sp³-hybridized carbons (Fsp3) is 0.417. The first-order valence-corrected chi connectivity index (χ1v) is 7.09. The van der Waals surface area contributed by atoms with Gasteiger partial charge in [0.05, 0.1) is 16.4 Å². The Hall–Kier alpha value is -1.54. The number of nitrogens with zero attached hydrogens (tertiary/aromatic N) is 1. The number of nitriles is 1. The van der Waals surface area contributed by atoms with E-state index in [-0.39, 0.29) is 0 Å². The van der Waals surface area contributed by atoms with Gasteiger partial charge in [-0.3, -0.25) is 0 Å². The van der Waals surface area contributed by atoms with E-state index in [9.17, 15) is 8.42 Å². The summed E-state index contributed by atoms with van der Waals surface area (Å²) >= 11 is 0. The van der Waals surface area contributed by atoms with E-state index in [1.165, 1.54) is 6.26 Å². The first-order chi connectivity index (χ1) is 7.76. The van der Waals surface area contributed by atoms with Crippen LogP contribution in [-0.2, 0) is 9.84 Å². The second-order valence-electron chi connectivity index (χ2n) is 4.57. The molecule has 0 saturated heterocycles. The van der Waals surface area contributed by atoms with Gasteiger partial charge in [-0.25, -0.2) is 8.42 Å². The van der Waals surface area contributed by atoms with Gasteiger partial charge >= 0.3 is 0 Å². The van der Waals surface area contributed by atoms with Crippen LogP contribution in [0, 0.1) is 11.3 Å². The van der Waals surface area contributed by atoms with E-state index in [0.29, 0.717) is 12.1 Å². The zero-order chi connectivity index (χ0) is 13.1. The van der Waals surface area contributed by atoms with Crippen LogP contribution in [0.25, 0.3) is 0 Å². The van der Waals surface area contributed by atoms with Crippen molar-refractivity contribution in [2.24, 2.45) is 0 Å². The number of nitrogens with one attached hydrogen (secondary N) is 1. The molecule has 1 aromatic rings. The molecule has 17 heavy (non-hydrogen) atoms. The van der Waals surface area contributed by atoms with Crippen molar-refractivity contribution in [1.29, 1.82) is 5.26 Å². The average molecular weight is 252 g/mol. The summed E-state index contributed by atoms with van der Waals surface area (Å²) in [6.07, 6.45) is 1.23. The molecule has 0 spiro atoms. The summed E-state index contributed by atoms with van der Waals surface area (Å²) in [5.74, 6) is 0. The average Bonchev–Trinajstić information content (AvgIpc) is 2.25. The van der Waals surface area contributed by atoms with E-state index in [1.54, 1.807) is 38.1 Å². The van der Waals surface area contributed by atoms with E-state index >= 15 is 0 Å².